The van der Waals surface area contributed by atoms with E-state index in [0.29, 0.717) is 10.7 Å². The molecule has 1 heterocycles. The molecule has 1 aliphatic carbocycles. The van der Waals surface area contributed by atoms with Gasteiger partial charge < -0.3 is 4.90 Å². The van der Waals surface area contributed by atoms with Crippen LogP contribution < -0.4 is 9.80 Å². The van der Waals surface area contributed by atoms with E-state index in [1.54, 1.807) is 12.1 Å². The van der Waals surface area contributed by atoms with Crippen LogP contribution in [-0.4, -0.2) is 31.3 Å². The maximum atomic E-state index is 12.7. The summed E-state index contributed by atoms with van der Waals surface area (Å²) >= 11 is 6.33. The van der Waals surface area contributed by atoms with Gasteiger partial charge in [-0.3, -0.25) is 9.59 Å². The summed E-state index contributed by atoms with van der Waals surface area (Å²) in [7, 11) is 2.81. The predicted molar refractivity (Wildman–Crippen MR) is 101 cm³/mol. The molecule has 1 aromatic rings. The number of anilines is 2. The van der Waals surface area contributed by atoms with Gasteiger partial charge in [0.25, 0.3) is 0 Å². The molecule has 1 aromatic carbocycles. The molecular weight excluding hydrogens is 343 g/mol. The molecule has 4 nitrogen and oxygen atoms in total. The van der Waals surface area contributed by atoms with E-state index in [4.69, 9.17) is 11.6 Å². The van der Waals surface area contributed by atoms with Crippen molar-refractivity contribution in [2.24, 2.45) is 11.8 Å². The fourth-order valence-corrected chi connectivity index (χ4v) is 4.33. The van der Waals surface area contributed by atoms with Crippen molar-refractivity contribution in [3.05, 3.63) is 35.4 Å². The number of allylic oxidation sites excluding steroid dienone is 1. The van der Waals surface area contributed by atoms with E-state index in [-0.39, 0.29) is 23.7 Å². The lowest BCUT2D eigenvalue weighted by Crippen LogP contribution is -2.31. The molecule has 3 rings (SSSR count). The van der Waals surface area contributed by atoms with Crippen molar-refractivity contribution >= 4 is 43.4 Å². The zero-order valence-corrected chi connectivity index (χ0v) is 15.7. The molecule has 1 aliphatic heterocycles. The summed E-state index contributed by atoms with van der Waals surface area (Å²) in [5.74, 6) is -0.710. The molecule has 3 atom stereocenters. The van der Waals surface area contributed by atoms with Gasteiger partial charge in [-0.25, -0.2) is 4.90 Å². The zero-order valence-electron chi connectivity index (χ0n) is 14.0. The molecule has 0 radical (unpaired) electrons. The summed E-state index contributed by atoms with van der Waals surface area (Å²) in [6.45, 7) is 2.15. The van der Waals surface area contributed by atoms with Crippen molar-refractivity contribution < 1.29 is 9.59 Å². The monoisotopic (exact) mass is 364 g/mol. The van der Waals surface area contributed by atoms with Crippen molar-refractivity contribution in [1.29, 1.82) is 0 Å². The smallest absolute Gasteiger partial charge is 0.241 e. The van der Waals surface area contributed by atoms with E-state index in [2.05, 4.69) is 11.8 Å². The molecule has 0 bridgehead atoms. The minimum Gasteiger partial charge on any atom is -0.369 e. The quantitative estimate of drug-likeness (QED) is 0.452. The number of benzene rings is 1. The molecule has 2 amide bonds. The summed E-state index contributed by atoms with van der Waals surface area (Å²) in [6.07, 6.45) is 7.54. The van der Waals surface area contributed by atoms with E-state index in [9.17, 15) is 9.59 Å². The minimum atomic E-state index is -0.301. The molecular formula is C18H22ClN2O2P. The van der Waals surface area contributed by atoms with Crippen molar-refractivity contribution in [2.75, 3.05) is 29.3 Å². The highest BCUT2D eigenvalue weighted by Gasteiger charge is 2.47. The fourth-order valence-electron chi connectivity index (χ4n) is 3.34. The average Bonchev–Trinajstić information content (AvgIpc) is 2.85. The SMILES string of the molecule is CCPCN(C)c1cc(N2C(=O)C3C=CCCC3C2=O)ccc1Cl. The Morgan fingerprint density at radius 1 is 1.33 bits per heavy atom. The van der Waals surface area contributed by atoms with Gasteiger partial charge in [0.1, 0.15) is 0 Å². The standard InChI is InChI=1S/C18H22ClN2O2P/c1-3-24-11-20(2)16-10-12(8-9-15(16)19)21-17(22)13-6-4-5-7-14(13)18(21)23/h4,6,8-10,13-14,24H,3,5,7,11H2,1-2H3. The van der Waals surface area contributed by atoms with Crippen molar-refractivity contribution in [1.82, 2.24) is 0 Å². The molecule has 1 fully saturated rings. The molecule has 0 spiro atoms. The van der Waals surface area contributed by atoms with Gasteiger partial charge in [-0.1, -0.05) is 30.7 Å². The number of halogens is 1. The molecule has 0 saturated carbocycles. The van der Waals surface area contributed by atoms with Gasteiger partial charge in [0.2, 0.25) is 11.8 Å². The first-order chi connectivity index (χ1) is 11.5. The Labute approximate surface area is 149 Å². The molecule has 1 saturated heterocycles. The number of nitrogens with zero attached hydrogens (tertiary/aromatic N) is 2. The third-order valence-electron chi connectivity index (χ3n) is 4.66. The number of rotatable bonds is 5. The first-order valence-corrected chi connectivity index (χ1v) is 10.1. The van der Waals surface area contributed by atoms with E-state index in [0.717, 1.165) is 39.6 Å². The Hall–Kier alpha value is -1.38. The first-order valence-electron chi connectivity index (χ1n) is 8.30. The second kappa shape index (κ2) is 7.25. The van der Waals surface area contributed by atoms with Crippen LogP contribution in [0.25, 0.3) is 0 Å². The molecule has 0 aromatic heterocycles. The summed E-state index contributed by atoms with van der Waals surface area (Å²) < 4.78 is 0. The van der Waals surface area contributed by atoms with Gasteiger partial charge in [-0.2, -0.15) is 0 Å². The number of hydrogen-bond acceptors (Lipinski definition) is 3. The summed E-state index contributed by atoms with van der Waals surface area (Å²) in [6, 6.07) is 5.40. The number of carbonyl (C=O) groups is 2. The Morgan fingerprint density at radius 2 is 2.12 bits per heavy atom. The minimum absolute atomic E-state index is 0.0827. The van der Waals surface area contributed by atoms with Crippen molar-refractivity contribution in [3.63, 3.8) is 0 Å². The molecule has 24 heavy (non-hydrogen) atoms. The Morgan fingerprint density at radius 3 is 2.83 bits per heavy atom. The highest BCUT2D eigenvalue weighted by atomic mass is 35.5. The van der Waals surface area contributed by atoms with Crippen LogP contribution in [0.2, 0.25) is 5.02 Å². The molecule has 3 unspecified atom stereocenters. The maximum Gasteiger partial charge on any atom is 0.241 e. The second-order valence-corrected chi connectivity index (χ2v) is 8.18. The maximum absolute atomic E-state index is 12.7. The number of imide groups is 1. The van der Waals surface area contributed by atoms with Gasteiger partial charge in [0.15, 0.2) is 0 Å². The number of amides is 2. The topological polar surface area (TPSA) is 40.6 Å². The Bertz CT molecular complexity index is 692. The largest absolute Gasteiger partial charge is 0.369 e. The van der Waals surface area contributed by atoms with Crippen LogP contribution in [0.15, 0.2) is 30.4 Å². The van der Waals surface area contributed by atoms with Gasteiger partial charge in [-0.05, 0) is 37.2 Å². The third kappa shape index (κ3) is 3.10. The summed E-state index contributed by atoms with van der Waals surface area (Å²) in [5.41, 5.74) is 1.49. The van der Waals surface area contributed by atoms with E-state index in [1.807, 2.05) is 25.3 Å². The third-order valence-corrected chi connectivity index (χ3v) is 6.18. The van der Waals surface area contributed by atoms with Crippen LogP contribution in [0.1, 0.15) is 19.8 Å². The lowest BCUT2D eigenvalue weighted by Gasteiger charge is -2.23. The van der Waals surface area contributed by atoms with E-state index in [1.165, 1.54) is 4.90 Å². The number of carbonyl (C=O) groups excluding carboxylic acids is 2. The van der Waals surface area contributed by atoms with Crippen LogP contribution >= 0.6 is 20.2 Å². The molecule has 6 heteroatoms. The van der Waals surface area contributed by atoms with Crippen molar-refractivity contribution in [2.45, 2.75) is 19.8 Å². The second-order valence-electron chi connectivity index (χ2n) is 6.24. The van der Waals surface area contributed by atoms with Gasteiger partial charge in [0.05, 0.1) is 28.2 Å². The Kier molecular flexibility index (Phi) is 5.27. The summed E-state index contributed by atoms with van der Waals surface area (Å²) in [5, 5.41) is 0.638. The average molecular weight is 365 g/mol. The van der Waals surface area contributed by atoms with Crippen LogP contribution in [0.5, 0.6) is 0 Å². The van der Waals surface area contributed by atoms with Crippen molar-refractivity contribution in [3.8, 4) is 0 Å². The Balaban J connectivity index is 1.91. The highest BCUT2D eigenvalue weighted by Crippen LogP contribution is 2.39. The lowest BCUT2D eigenvalue weighted by atomic mass is 9.86. The van der Waals surface area contributed by atoms with Gasteiger partial charge in [0, 0.05) is 13.3 Å². The van der Waals surface area contributed by atoms with Gasteiger partial charge in [-0.15, -0.1) is 8.58 Å². The molecule has 2 aliphatic rings. The molecule has 128 valence electrons. The first kappa shape index (κ1) is 17.4. The normalized spacial score (nSPS) is 23.4. The fraction of sp³-hybridized carbons (Fsp3) is 0.444. The zero-order chi connectivity index (χ0) is 17.3. The van der Waals surface area contributed by atoms with Crippen LogP contribution in [0, 0.1) is 11.8 Å². The predicted octanol–water partition coefficient (Wildman–Crippen LogP) is 3.89. The van der Waals surface area contributed by atoms with E-state index < -0.39 is 0 Å². The molecule has 0 N–H and O–H groups in total. The van der Waals surface area contributed by atoms with Gasteiger partial charge >= 0.3 is 0 Å². The summed E-state index contributed by atoms with van der Waals surface area (Å²) in [4.78, 5) is 28.8. The number of hydrogen-bond donors (Lipinski definition) is 0. The van der Waals surface area contributed by atoms with Crippen LogP contribution in [0.3, 0.4) is 0 Å². The highest BCUT2D eigenvalue weighted by molar-refractivity contribution is 7.38. The number of fused-ring (bicyclic) bond motifs is 1. The lowest BCUT2D eigenvalue weighted by molar-refractivity contribution is -0.122. The van der Waals surface area contributed by atoms with Crippen LogP contribution in [0.4, 0.5) is 11.4 Å². The van der Waals surface area contributed by atoms with E-state index >= 15 is 0 Å². The van der Waals surface area contributed by atoms with Crippen LogP contribution in [-0.2, 0) is 9.59 Å².